The molecule has 3 rings (SSSR count). The van der Waals surface area contributed by atoms with Gasteiger partial charge in [0, 0.05) is 17.6 Å². The highest BCUT2D eigenvalue weighted by Crippen LogP contribution is 2.19. The lowest BCUT2D eigenvalue weighted by molar-refractivity contribution is 0.806. The number of hydrogen-bond donors (Lipinski definition) is 1. The molecule has 0 aliphatic carbocycles. The van der Waals surface area contributed by atoms with Gasteiger partial charge in [0.2, 0.25) is 5.16 Å². The molecule has 2 aromatic carbocycles. The molecule has 0 radical (unpaired) electrons. The first-order chi connectivity index (χ1) is 12.2. The molecular formula is C20H20N4S. The van der Waals surface area contributed by atoms with Gasteiger partial charge < -0.3 is 5.32 Å². The fraction of sp³-hybridized carbons (Fsp3) is 0.150. The minimum Gasteiger partial charge on any atom is -0.362 e. The fourth-order valence-corrected chi connectivity index (χ4v) is 2.93. The van der Waals surface area contributed by atoms with Gasteiger partial charge in [0.05, 0.1) is 11.4 Å². The summed E-state index contributed by atoms with van der Waals surface area (Å²) < 4.78 is 0. The van der Waals surface area contributed by atoms with Crippen molar-refractivity contribution in [1.82, 2.24) is 15.2 Å². The van der Waals surface area contributed by atoms with Crippen molar-refractivity contribution in [3.63, 3.8) is 0 Å². The number of anilines is 1. The summed E-state index contributed by atoms with van der Waals surface area (Å²) in [6.07, 6.45) is 3.81. The normalized spacial score (nSPS) is 11.0. The number of benzene rings is 2. The molecule has 0 amide bonds. The van der Waals surface area contributed by atoms with Crippen molar-refractivity contribution in [1.29, 1.82) is 0 Å². The Kier molecular flexibility index (Phi) is 5.80. The lowest BCUT2D eigenvalue weighted by Crippen LogP contribution is -1.99. The van der Waals surface area contributed by atoms with Gasteiger partial charge in [-0.2, -0.15) is 5.10 Å². The molecule has 5 heteroatoms. The lowest BCUT2D eigenvalue weighted by Gasteiger charge is -2.04. The Hall–Kier alpha value is -2.66. The topological polar surface area (TPSA) is 50.7 Å². The van der Waals surface area contributed by atoms with E-state index in [0.29, 0.717) is 5.16 Å². The first-order valence-corrected chi connectivity index (χ1v) is 9.07. The third-order valence-electron chi connectivity index (χ3n) is 3.63. The van der Waals surface area contributed by atoms with Crippen LogP contribution in [0.3, 0.4) is 0 Å². The van der Waals surface area contributed by atoms with E-state index in [9.17, 15) is 0 Å². The molecule has 0 atom stereocenters. The fourth-order valence-electron chi connectivity index (χ4n) is 2.18. The summed E-state index contributed by atoms with van der Waals surface area (Å²) in [6.45, 7) is 3.99. The maximum absolute atomic E-state index is 4.60. The summed E-state index contributed by atoms with van der Waals surface area (Å²) >= 11 is 1.59. The predicted molar refractivity (Wildman–Crippen MR) is 104 cm³/mol. The number of hydrogen-bond acceptors (Lipinski definition) is 5. The van der Waals surface area contributed by atoms with E-state index in [1.165, 1.54) is 11.1 Å². The van der Waals surface area contributed by atoms with E-state index < -0.39 is 0 Å². The summed E-state index contributed by atoms with van der Waals surface area (Å²) in [5.41, 5.74) is 5.16. The molecule has 25 heavy (non-hydrogen) atoms. The highest BCUT2D eigenvalue weighted by molar-refractivity contribution is 7.98. The van der Waals surface area contributed by atoms with Gasteiger partial charge in [-0.25, -0.2) is 4.98 Å². The number of aromatic nitrogens is 3. The molecule has 4 nitrogen and oxygen atoms in total. The van der Waals surface area contributed by atoms with E-state index in [2.05, 4.69) is 51.7 Å². The minimum atomic E-state index is 0.685. The van der Waals surface area contributed by atoms with Crippen LogP contribution in [0.5, 0.6) is 0 Å². The molecule has 0 saturated carbocycles. The summed E-state index contributed by atoms with van der Waals surface area (Å²) in [5.74, 6) is 0.830. The van der Waals surface area contributed by atoms with Gasteiger partial charge in [0.15, 0.2) is 0 Å². The van der Waals surface area contributed by atoms with Crippen molar-refractivity contribution in [2.75, 3.05) is 5.32 Å². The van der Waals surface area contributed by atoms with Crippen LogP contribution in [0.25, 0.3) is 6.08 Å². The largest absolute Gasteiger partial charge is 0.362 e. The van der Waals surface area contributed by atoms with Crippen LogP contribution in [-0.2, 0) is 5.75 Å². The molecule has 1 aromatic heterocycles. The quantitative estimate of drug-likeness (QED) is 0.645. The Morgan fingerprint density at radius 2 is 1.72 bits per heavy atom. The molecule has 0 aliphatic rings. The van der Waals surface area contributed by atoms with Crippen molar-refractivity contribution in [2.24, 2.45) is 0 Å². The zero-order chi connectivity index (χ0) is 17.5. The number of rotatable bonds is 6. The smallest absolute Gasteiger partial charge is 0.209 e. The van der Waals surface area contributed by atoms with E-state index in [0.717, 1.165) is 22.8 Å². The van der Waals surface area contributed by atoms with Crippen molar-refractivity contribution in [3.05, 3.63) is 83.3 Å². The van der Waals surface area contributed by atoms with Gasteiger partial charge in [-0.15, -0.1) is 5.10 Å². The van der Waals surface area contributed by atoms with Crippen LogP contribution in [0.15, 0.2) is 66.0 Å². The molecule has 0 saturated heterocycles. The van der Waals surface area contributed by atoms with Crippen molar-refractivity contribution in [3.8, 4) is 0 Å². The van der Waals surface area contributed by atoms with Gasteiger partial charge in [-0.3, -0.25) is 0 Å². The van der Waals surface area contributed by atoms with Crippen LogP contribution in [0.1, 0.15) is 22.5 Å². The van der Waals surface area contributed by atoms with E-state index >= 15 is 0 Å². The lowest BCUT2D eigenvalue weighted by atomic mass is 10.2. The maximum Gasteiger partial charge on any atom is 0.209 e. The molecule has 0 spiro atoms. The molecule has 1 N–H and O–H groups in total. The van der Waals surface area contributed by atoms with E-state index in [4.69, 9.17) is 0 Å². The Labute approximate surface area is 152 Å². The maximum atomic E-state index is 4.60. The Morgan fingerprint density at radius 1 is 0.960 bits per heavy atom. The van der Waals surface area contributed by atoms with Crippen molar-refractivity contribution >= 4 is 23.5 Å². The first kappa shape index (κ1) is 17.2. The second kappa shape index (κ2) is 8.44. The number of aryl methyl sites for hydroxylation is 2. The van der Waals surface area contributed by atoms with Gasteiger partial charge >= 0.3 is 0 Å². The van der Waals surface area contributed by atoms with Crippen molar-refractivity contribution < 1.29 is 0 Å². The third-order valence-corrected chi connectivity index (χ3v) is 4.53. The van der Waals surface area contributed by atoms with Gasteiger partial charge in [-0.1, -0.05) is 59.8 Å². The molecule has 0 aliphatic heterocycles. The molecule has 0 fully saturated rings. The number of nitrogens with one attached hydrogen (secondary N) is 1. The number of nitrogens with zero attached hydrogens (tertiary/aromatic N) is 3. The number of thioether (sulfide) groups is 1. The summed E-state index contributed by atoms with van der Waals surface area (Å²) in [4.78, 5) is 4.60. The third kappa shape index (κ3) is 5.16. The highest BCUT2D eigenvalue weighted by Gasteiger charge is 2.04. The Balaban J connectivity index is 1.64. The Bertz CT molecular complexity index is 845. The van der Waals surface area contributed by atoms with Crippen LogP contribution in [0, 0.1) is 13.8 Å². The second-order valence-electron chi connectivity index (χ2n) is 5.68. The van der Waals surface area contributed by atoms with E-state index in [1.807, 2.05) is 49.5 Å². The minimum absolute atomic E-state index is 0.685. The van der Waals surface area contributed by atoms with Gasteiger partial charge in [0.1, 0.15) is 0 Å². The van der Waals surface area contributed by atoms with Gasteiger partial charge in [-0.05, 0) is 37.6 Å². The van der Waals surface area contributed by atoms with Crippen LogP contribution in [0.2, 0.25) is 0 Å². The predicted octanol–water partition coefficient (Wildman–Crippen LogP) is 4.86. The Morgan fingerprint density at radius 3 is 2.48 bits per heavy atom. The molecule has 0 bridgehead atoms. The zero-order valence-electron chi connectivity index (χ0n) is 14.3. The monoisotopic (exact) mass is 348 g/mol. The summed E-state index contributed by atoms with van der Waals surface area (Å²) in [5, 5.41) is 12.3. The zero-order valence-corrected chi connectivity index (χ0v) is 15.1. The van der Waals surface area contributed by atoms with Crippen LogP contribution in [0.4, 0.5) is 5.69 Å². The van der Waals surface area contributed by atoms with Crippen LogP contribution < -0.4 is 5.32 Å². The molecule has 0 unspecified atom stereocenters. The average molecular weight is 348 g/mol. The van der Waals surface area contributed by atoms with Crippen LogP contribution in [-0.4, -0.2) is 15.2 Å². The highest BCUT2D eigenvalue weighted by atomic mass is 32.2. The molecule has 1 heterocycles. The molecule has 126 valence electrons. The van der Waals surface area contributed by atoms with E-state index in [-0.39, 0.29) is 0 Å². The SMILES string of the molecule is Cc1ccc(NC=Cc2nc(SCc3ccccc3)nnc2C)cc1. The summed E-state index contributed by atoms with van der Waals surface area (Å²) in [7, 11) is 0. The molecule has 3 aromatic rings. The van der Waals surface area contributed by atoms with E-state index in [1.54, 1.807) is 11.8 Å². The average Bonchev–Trinajstić information content (AvgIpc) is 2.64. The van der Waals surface area contributed by atoms with Crippen LogP contribution >= 0.6 is 11.8 Å². The second-order valence-corrected chi connectivity index (χ2v) is 6.63. The first-order valence-electron chi connectivity index (χ1n) is 8.08. The molecular weight excluding hydrogens is 328 g/mol. The van der Waals surface area contributed by atoms with Crippen molar-refractivity contribution in [2.45, 2.75) is 24.8 Å². The standard InChI is InChI=1S/C20H20N4S/c1-15-8-10-18(11-9-15)21-13-12-19-16(2)23-24-20(22-19)25-14-17-6-4-3-5-7-17/h3-13,21H,14H2,1-2H3. The summed E-state index contributed by atoms with van der Waals surface area (Å²) in [6, 6.07) is 18.5. The van der Waals surface area contributed by atoms with Gasteiger partial charge in [0.25, 0.3) is 0 Å².